The third kappa shape index (κ3) is 9.59. The molecular weight excluding hydrogens is 254 g/mol. The molecule has 0 heterocycles. The molecule has 0 radical (unpaired) electrons. The summed E-state index contributed by atoms with van der Waals surface area (Å²) in [5, 5.41) is 11.6. The van der Waals surface area contributed by atoms with Crippen LogP contribution in [0.4, 0.5) is 0 Å². The summed E-state index contributed by atoms with van der Waals surface area (Å²) >= 11 is 0. The van der Waals surface area contributed by atoms with Gasteiger partial charge in [0.2, 0.25) is 5.91 Å². The summed E-state index contributed by atoms with van der Waals surface area (Å²) in [5.74, 6) is -1.35. The van der Waals surface area contributed by atoms with Crippen molar-refractivity contribution in [2.75, 3.05) is 0 Å². The van der Waals surface area contributed by atoms with Gasteiger partial charge in [-0.3, -0.25) is 4.79 Å². The Kier molecular flexibility index (Phi) is 10.7. The van der Waals surface area contributed by atoms with Crippen LogP contribution in [-0.2, 0) is 9.59 Å². The third-order valence-corrected chi connectivity index (χ3v) is 3.34. The van der Waals surface area contributed by atoms with Gasteiger partial charge in [-0.25, -0.2) is 4.79 Å². The van der Waals surface area contributed by atoms with Crippen molar-refractivity contribution in [3.05, 3.63) is 12.2 Å². The number of unbranched alkanes of at least 4 members (excludes halogenated alkanes) is 7. The number of carboxylic acids is 1. The Hall–Kier alpha value is -1.32. The Morgan fingerprint density at radius 2 is 1.55 bits per heavy atom. The number of carbonyl (C=O) groups is 2. The van der Waals surface area contributed by atoms with E-state index in [1.54, 1.807) is 6.92 Å². The maximum atomic E-state index is 11.4. The molecule has 0 aliphatic rings. The van der Waals surface area contributed by atoms with Crippen molar-refractivity contribution in [1.29, 1.82) is 0 Å². The monoisotopic (exact) mass is 283 g/mol. The van der Waals surface area contributed by atoms with Crippen molar-refractivity contribution >= 4 is 11.9 Å². The molecular formula is C16H29NO3. The van der Waals surface area contributed by atoms with Crippen LogP contribution in [0.1, 0.15) is 71.6 Å². The molecule has 0 spiro atoms. The molecule has 2 N–H and O–H groups in total. The van der Waals surface area contributed by atoms with Crippen LogP contribution in [0, 0.1) is 0 Å². The van der Waals surface area contributed by atoms with Crippen molar-refractivity contribution in [3.8, 4) is 0 Å². The second kappa shape index (κ2) is 11.5. The van der Waals surface area contributed by atoms with Crippen molar-refractivity contribution in [2.45, 2.75) is 77.7 Å². The van der Waals surface area contributed by atoms with Gasteiger partial charge in [-0.05, 0) is 13.3 Å². The van der Waals surface area contributed by atoms with E-state index in [-0.39, 0.29) is 5.91 Å². The molecule has 0 aromatic heterocycles. The van der Waals surface area contributed by atoms with E-state index in [2.05, 4.69) is 18.8 Å². The highest BCUT2D eigenvalue weighted by Crippen LogP contribution is 2.11. The van der Waals surface area contributed by atoms with Crippen LogP contribution in [0.2, 0.25) is 0 Å². The first-order valence-corrected chi connectivity index (χ1v) is 7.68. The molecule has 0 aliphatic carbocycles. The quantitative estimate of drug-likeness (QED) is 0.424. The van der Waals surface area contributed by atoms with Gasteiger partial charge in [-0.2, -0.15) is 0 Å². The van der Waals surface area contributed by atoms with Crippen LogP contribution in [-0.4, -0.2) is 23.0 Å². The van der Waals surface area contributed by atoms with Crippen molar-refractivity contribution in [1.82, 2.24) is 5.32 Å². The zero-order valence-corrected chi connectivity index (χ0v) is 12.9. The minimum atomic E-state index is -0.970. The summed E-state index contributed by atoms with van der Waals surface area (Å²) in [4.78, 5) is 22.5. The number of carboxylic acid groups (broad SMARTS) is 1. The maximum Gasteiger partial charge on any atom is 0.326 e. The molecule has 0 bridgehead atoms. The lowest BCUT2D eigenvalue weighted by molar-refractivity contribution is -0.141. The highest BCUT2D eigenvalue weighted by molar-refractivity contribution is 5.94. The van der Waals surface area contributed by atoms with Crippen molar-refractivity contribution < 1.29 is 14.7 Å². The van der Waals surface area contributed by atoms with Crippen LogP contribution in [0.5, 0.6) is 0 Å². The molecule has 4 nitrogen and oxygen atoms in total. The summed E-state index contributed by atoms with van der Waals surface area (Å²) in [6, 6.07) is -0.792. The predicted octanol–water partition coefficient (Wildman–Crippen LogP) is 3.66. The molecule has 4 heteroatoms. The van der Waals surface area contributed by atoms with E-state index in [4.69, 9.17) is 5.11 Å². The first kappa shape index (κ1) is 18.7. The normalized spacial score (nSPS) is 11.9. The summed E-state index contributed by atoms with van der Waals surface area (Å²) in [7, 11) is 0. The second-order valence-electron chi connectivity index (χ2n) is 5.41. The van der Waals surface area contributed by atoms with Gasteiger partial charge in [0.25, 0.3) is 0 Å². The number of hydrogen-bond acceptors (Lipinski definition) is 2. The Morgan fingerprint density at radius 3 is 2.00 bits per heavy atom. The van der Waals surface area contributed by atoms with Crippen molar-refractivity contribution in [3.63, 3.8) is 0 Å². The fraction of sp³-hybridized carbons (Fsp3) is 0.750. The van der Waals surface area contributed by atoms with E-state index in [0.29, 0.717) is 12.0 Å². The average molecular weight is 283 g/mol. The molecule has 0 saturated heterocycles. The highest BCUT2D eigenvalue weighted by atomic mass is 16.4. The Labute approximate surface area is 122 Å². The molecule has 20 heavy (non-hydrogen) atoms. The van der Waals surface area contributed by atoms with Crippen LogP contribution in [0.3, 0.4) is 0 Å². The minimum Gasteiger partial charge on any atom is -0.480 e. The van der Waals surface area contributed by atoms with Crippen LogP contribution in [0.25, 0.3) is 0 Å². The zero-order valence-electron chi connectivity index (χ0n) is 12.9. The minimum absolute atomic E-state index is 0.340. The number of rotatable bonds is 12. The SMILES string of the molecule is C=C(C)C(=O)NC(CCCCCCCCCC)C(=O)O. The first-order chi connectivity index (χ1) is 9.49. The van der Waals surface area contributed by atoms with Gasteiger partial charge in [-0.1, -0.05) is 64.9 Å². The molecule has 0 aliphatic heterocycles. The second-order valence-corrected chi connectivity index (χ2v) is 5.41. The number of nitrogens with one attached hydrogen (secondary N) is 1. The Bertz CT molecular complexity index is 313. The fourth-order valence-electron chi connectivity index (χ4n) is 2.02. The molecule has 1 unspecified atom stereocenters. The maximum absolute atomic E-state index is 11.4. The van der Waals surface area contributed by atoms with E-state index in [1.165, 1.54) is 32.1 Å². The smallest absolute Gasteiger partial charge is 0.326 e. The van der Waals surface area contributed by atoms with E-state index < -0.39 is 12.0 Å². The lowest BCUT2D eigenvalue weighted by atomic mass is 10.0. The van der Waals surface area contributed by atoms with Gasteiger partial charge in [0.15, 0.2) is 0 Å². The van der Waals surface area contributed by atoms with E-state index in [1.807, 2.05) is 0 Å². The van der Waals surface area contributed by atoms with Crippen LogP contribution in [0.15, 0.2) is 12.2 Å². The number of amides is 1. The molecule has 1 atom stereocenters. The summed E-state index contributed by atoms with van der Waals surface area (Å²) in [6.07, 6.45) is 9.83. The Morgan fingerprint density at radius 1 is 1.05 bits per heavy atom. The zero-order chi connectivity index (χ0) is 15.4. The van der Waals surface area contributed by atoms with Gasteiger partial charge < -0.3 is 10.4 Å². The molecule has 116 valence electrons. The van der Waals surface area contributed by atoms with Gasteiger partial charge >= 0.3 is 5.97 Å². The standard InChI is InChI=1S/C16H29NO3/c1-4-5-6-7-8-9-10-11-12-14(16(19)20)17-15(18)13(2)3/h14H,2,4-12H2,1,3H3,(H,17,18)(H,19,20). The summed E-state index contributed by atoms with van der Waals surface area (Å²) in [6.45, 7) is 7.28. The number of carbonyl (C=O) groups excluding carboxylic acids is 1. The average Bonchev–Trinajstić information content (AvgIpc) is 2.39. The van der Waals surface area contributed by atoms with E-state index >= 15 is 0 Å². The highest BCUT2D eigenvalue weighted by Gasteiger charge is 2.19. The van der Waals surface area contributed by atoms with Gasteiger partial charge in [0, 0.05) is 5.57 Å². The van der Waals surface area contributed by atoms with E-state index in [9.17, 15) is 9.59 Å². The molecule has 0 saturated carbocycles. The lowest BCUT2D eigenvalue weighted by Crippen LogP contribution is -2.40. The molecule has 0 fully saturated rings. The van der Waals surface area contributed by atoms with E-state index in [0.717, 1.165) is 19.3 Å². The van der Waals surface area contributed by atoms with Crippen LogP contribution >= 0.6 is 0 Å². The third-order valence-electron chi connectivity index (χ3n) is 3.34. The predicted molar refractivity (Wildman–Crippen MR) is 81.6 cm³/mol. The summed E-state index contributed by atoms with van der Waals surface area (Å²) < 4.78 is 0. The fourth-order valence-corrected chi connectivity index (χ4v) is 2.02. The number of aliphatic carboxylic acids is 1. The Balaban J connectivity index is 3.74. The van der Waals surface area contributed by atoms with Gasteiger partial charge in [0.05, 0.1) is 0 Å². The largest absolute Gasteiger partial charge is 0.480 e. The summed E-state index contributed by atoms with van der Waals surface area (Å²) in [5.41, 5.74) is 0.340. The lowest BCUT2D eigenvalue weighted by Gasteiger charge is -2.14. The molecule has 0 aromatic rings. The molecule has 0 rings (SSSR count). The van der Waals surface area contributed by atoms with Crippen LogP contribution < -0.4 is 5.32 Å². The van der Waals surface area contributed by atoms with Gasteiger partial charge in [-0.15, -0.1) is 0 Å². The first-order valence-electron chi connectivity index (χ1n) is 7.68. The topological polar surface area (TPSA) is 66.4 Å². The molecule has 0 aromatic carbocycles. The molecule has 1 amide bonds. The van der Waals surface area contributed by atoms with Crippen molar-refractivity contribution in [2.24, 2.45) is 0 Å². The number of hydrogen-bond donors (Lipinski definition) is 2. The van der Waals surface area contributed by atoms with Gasteiger partial charge in [0.1, 0.15) is 6.04 Å².